The first-order valence-electron chi connectivity index (χ1n) is 8.62. The van der Waals surface area contributed by atoms with Crippen molar-refractivity contribution >= 4 is 34.7 Å². The van der Waals surface area contributed by atoms with E-state index in [9.17, 15) is 4.79 Å². The van der Waals surface area contributed by atoms with Crippen molar-refractivity contribution in [2.24, 2.45) is 0 Å². The predicted octanol–water partition coefficient (Wildman–Crippen LogP) is 4.12. The third-order valence-corrected chi connectivity index (χ3v) is 6.06. The Labute approximate surface area is 162 Å². The fourth-order valence-corrected chi connectivity index (χ4v) is 4.29. The molecule has 0 aliphatic rings. The lowest BCUT2D eigenvalue weighted by atomic mass is 10.2. The maximum absolute atomic E-state index is 12.9. The molecule has 0 spiro atoms. The van der Waals surface area contributed by atoms with E-state index in [1.54, 1.807) is 17.7 Å². The van der Waals surface area contributed by atoms with Crippen molar-refractivity contribution in [1.82, 2.24) is 14.8 Å². The van der Waals surface area contributed by atoms with E-state index >= 15 is 0 Å². The van der Waals surface area contributed by atoms with E-state index in [4.69, 9.17) is 0 Å². The number of thioether (sulfide) groups is 1. The van der Waals surface area contributed by atoms with Gasteiger partial charge in [-0.15, -0.1) is 21.5 Å². The Morgan fingerprint density at radius 1 is 1.27 bits per heavy atom. The van der Waals surface area contributed by atoms with Crippen LogP contribution >= 0.6 is 23.1 Å². The van der Waals surface area contributed by atoms with Crippen LogP contribution in [0.5, 0.6) is 0 Å². The van der Waals surface area contributed by atoms with E-state index in [-0.39, 0.29) is 11.2 Å². The van der Waals surface area contributed by atoms with Crippen LogP contribution in [0, 0.1) is 0 Å². The maximum Gasteiger partial charge on any atom is 0.240 e. The average Bonchev–Trinajstić information content (AvgIpc) is 3.33. The molecule has 1 aromatic carbocycles. The van der Waals surface area contributed by atoms with Crippen molar-refractivity contribution in [2.45, 2.75) is 37.2 Å². The van der Waals surface area contributed by atoms with Gasteiger partial charge in [0.2, 0.25) is 5.91 Å². The number of anilines is 1. The van der Waals surface area contributed by atoms with E-state index in [1.165, 1.54) is 16.6 Å². The summed E-state index contributed by atoms with van der Waals surface area (Å²) in [7, 11) is 0. The molecule has 26 heavy (non-hydrogen) atoms. The van der Waals surface area contributed by atoms with Crippen LogP contribution in [0.15, 0.2) is 59.3 Å². The van der Waals surface area contributed by atoms with Gasteiger partial charge in [0.25, 0.3) is 0 Å². The van der Waals surface area contributed by atoms with E-state index in [0.29, 0.717) is 6.54 Å². The Hall–Kier alpha value is -2.12. The molecule has 0 bridgehead atoms. The van der Waals surface area contributed by atoms with Crippen LogP contribution in [-0.2, 0) is 17.8 Å². The maximum atomic E-state index is 12.9. The first kappa shape index (κ1) is 18.7. The number of nitrogens with zero attached hydrogens (tertiary/aromatic N) is 4. The summed E-state index contributed by atoms with van der Waals surface area (Å²) < 4.78 is 2.02. The zero-order valence-electron chi connectivity index (χ0n) is 14.9. The minimum Gasteiger partial charge on any atom is -0.312 e. The van der Waals surface area contributed by atoms with E-state index in [1.807, 2.05) is 53.6 Å². The van der Waals surface area contributed by atoms with Crippen LogP contribution in [0.3, 0.4) is 0 Å². The highest BCUT2D eigenvalue weighted by molar-refractivity contribution is 8.00. The molecule has 1 unspecified atom stereocenters. The number of hydrogen-bond donors (Lipinski definition) is 0. The Kier molecular flexibility index (Phi) is 6.46. The average molecular weight is 387 g/mol. The number of carbonyl (C=O) groups excluding carboxylic acids is 1. The standard InChI is InChI=1S/C19H22N4OS2/c1-3-23(16-8-5-4-6-9-16)18(24)15(2)26-19-21-20-14-22(19)12-11-17-10-7-13-25-17/h4-10,13-15H,3,11-12H2,1-2H3. The molecule has 0 saturated heterocycles. The lowest BCUT2D eigenvalue weighted by molar-refractivity contribution is -0.117. The number of hydrogen-bond acceptors (Lipinski definition) is 5. The Bertz CT molecular complexity index is 817. The molecule has 0 saturated carbocycles. The summed E-state index contributed by atoms with van der Waals surface area (Å²) in [5.74, 6) is 0.0801. The number of aryl methyl sites for hydroxylation is 2. The summed E-state index contributed by atoms with van der Waals surface area (Å²) in [6, 6.07) is 14.0. The van der Waals surface area contributed by atoms with Gasteiger partial charge in [-0.2, -0.15) is 0 Å². The molecule has 7 heteroatoms. The second-order valence-corrected chi connectivity index (χ2v) is 8.15. The Morgan fingerprint density at radius 3 is 2.77 bits per heavy atom. The highest BCUT2D eigenvalue weighted by Crippen LogP contribution is 2.25. The molecule has 0 N–H and O–H groups in total. The molecule has 3 rings (SSSR count). The van der Waals surface area contributed by atoms with E-state index < -0.39 is 0 Å². The number of aromatic nitrogens is 3. The summed E-state index contributed by atoms with van der Waals surface area (Å²) in [4.78, 5) is 16.0. The van der Waals surface area contributed by atoms with Gasteiger partial charge in [0, 0.05) is 23.7 Å². The minimum absolute atomic E-state index is 0.0801. The van der Waals surface area contributed by atoms with Crippen molar-refractivity contribution in [3.63, 3.8) is 0 Å². The first-order chi connectivity index (χ1) is 12.7. The van der Waals surface area contributed by atoms with Crippen LogP contribution in [0.2, 0.25) is 0 Å². The van der Waals surface area contributed by atoms with Gasteiger partial charge in [0.15, 0.2) is 5.16 Å². The number of para-hydroxylation sites is 1. The molecule has 2 heterocycles. The Morgan fingerprint density at radius 2 is 2.08 bits per heavy atom. The molecule has 5 nitrogen and oxygen atoms in total. The summed E-state index contributed by atoms with van der Waals surface area (Å²) in [5.41, 5.74) is 0.923. The van der Waals surface area contributed by atoms with Gasteiger partial charge in [-0.05, 0) is 43.8 Å². The van der Waals surface area contributed by atoms with Crippen LogP contribution in [0.4, 0.5) is 5.69 Å². The van der Waals surface area contributed by atoms with E-state index in [0.717, 1.165) is 23.8 Å². The first-order valence-corrected chi connectivity index (χ1v) is 10.4. The summed E-state index contributed by atoms with van der Waals surface area (Å²) >= 11 is 3.21. The largest absolute Gasteiger partial charge is 0.312 e. The zero-order valence-corrected chi connectivity index (χ0v) is 16.5. The monoisotopic (exact) mass is 386 g/mol. The molecule has 136 valence electrons. The van der Waals surface area contributed by atoms with Gasteiger partial charge in [-0.25, -0.2) is 0 Å². The molecule has 0 radical (unpaired) electrons. The number of carbonyl (C=O) groups is 1. The number of rotatable bonds is 8. The molecular weight excluding hydrogens is 364 g/mol. The number of thiophene rings is 1. The molecule has 3 aromatic rings. The zero-order chi connectivity index (χ0) is 18.4. The fraction of sp³-hybridized carbons (Fsp3) is 0.316. The Balaban J connectivity index is 1.65. The van der Waals surface area contributed by atoms with Gasteiger partial charge in [-0.1, -0.05) is 36.0 Å². The highest BCUT2D eigenvalue weighted by atomic mass is 32.2. The molecule has 0 aliphatic heterocycles. The topological polar surface area (TPSA) is 51.0 Å². The summed E-state index contributed by atoms with van der Waals surface area (Å²) in [6.07, 6.45) is 2.68. The van der Waals surface area contributed by atoms with Crippen molar-refractivity contribution < 1.29 is 4.79 Å². The third kappa shape index (κ3) is 4.53. The van der Waals surface area contributed by atoms with Crippen LogP contribution in [0.25, 0.3) is 0 Å². The van der Waals surface area contributed by atoms with Gasteiger partial charge < -0.3 is 9.47 Å². The van der Waals surface area contributed by atoms with Crippen LogP contribution in [0.1, 0.15) is 18.7 Å². The normalized spacial score (nSPS) is 12.1. The van der Waals surface area contributed by atoms with Crippen LogP contribution < -0.4 is 4.90 Å². The van der Waals surface area contributed by atoms with Gasteiger partial charge >= 0.3 is 0 Å². The van der Waals surface area contributed by atoms with Crippen molar-refractivity contribution in [3.05, 3.63) is 59.0 Å². The molecular formula is C19H22N4OS2. The second-order valence-electron chi connectivity index (χ2n) is 5.81. The van der Waals surface area contributed by atoms with Gasteiger partial charge in [-0.3, -0.25) is 4.79 Å². The van der Waals surface area contributed by atoms with Crippen molar-refractivity contribution in [2.75, 3.05) is 11.4 Å². The minimum atomic E-state index is -0.236. The molecule has 1 amide bonds. The lowest BCUT2D eigenvalue weighted by Crippen LogP contribution is -2.36. The molecule has 0 fully saturated rings. The van der Waals surface area contributed by atoms with Crippen molar-refractivity contribution in [3.8, 4) is 0 Å². The highest BCUT2D eigenvalue weighted by Gasteiger charge is 2.23. The lowest BCUT2D eigenvalue weighted by Gasteiger charge is -2.24. The quantitative estimate of drug-likeness (QED) is 0.547. The summed E-state index contributed by atoms with van der Waals surface area (Å²) in [5, 5.41) is 10.9. The smallest absolute Gasteiger partial charge is 0.240 e. The fourth-order valence-electron chi connectivity index (χ4n) is 2.68. The molecule has 2 aromatic heterocycles. The second kappa shape index (κ2) is 9.00. The molecule has 0 aliphatic carbocycles. The number of benzene rings is 1. The third-order valence-electron chi connectivity index (χ3n) is 4.04. The summed E-state index contributed by atoms with van der Waals surface area (Å²) in [6.45, 7) is 5.37. The SMILES string of the molecule is CCN(C(=O)C(C)Sc1nncn1CCc1cccs1)c1ccccc1. The van der Waals surface area contributed by atoms with Gasteiger partial charge in [0.1, 0.15) is 6.33 Å². The van der Waals surface area contributed by atoms with Crippen molar-refractivity contribution in [1.29, 1.82) is 0 Å². The van der Waals surface area contributed by atoms with Crippen LogP contribution in [-0.4, -0.2) is 32.5 Å². The van der Waals surface area contributed by atoms with E-state index in [2.05, 4.69) is 27.7 Å². The predicted molar refractivity (Wildman–Crippen MR) is 108 cm³/mol. The number of amides is 1. The van der Waals surface area contributed by atoms with Gasteiger partial charge in [0.05, 0.1) is 5.25 Å². The molecule has 1 atom stereocenters.